The number of phenolic OH excluding ortho intramolecular Hbond substituents is 1. The summed E-state index contributed by atoms with van der Waals surface area (Å²) in [6.45, 7) is 2.51. The van der Waals surface area contributed by atoms with E-state index in [4.69, 9.17) is 0 Å². The molecule has 9 nitrogen and oxygen atoms in total. The quantitative estimate of drug-likeness (QED) is 0.469. The van der Waals surface area contributed by atoms with Gasteiger partial charge >= 0.3 is 5.69 Å². The number of halogens is 1. The summed E-state index contributed by atoms with van der Waals surface area (Å²) in [7, 11) is 3.01. The predicted molar refractivity (Wildman–Crippen MR) is 108 cm³/mol. The molecule has 0 spiro atoms. The van der Waals surface area contributed by atoms with Gasteiger partial charge in [-0.3, -0.25) is 13.9 Å². The van der Waals surface area contributed by atoms with E-state index in [0.29, 0.717) is 29.2 Å². The van der Waals surface area contributed by atoms with Crippen molar-refractivity contribution < 1.29 is 5.11 Å². The number of hydrazone groups is 1. The molecule has 3 rings (SSSR count). The Hall–Kier alpha value is -2.88. The molecule has 2 N–H and O–H groups in total. The number of benzene rings is 1. The van der Waals surface area contributed by atoms with E-state index >= 15 is 0 Å². The van der Waals surface area contributed by atoms with E-state index < -0.39 is 11.2 Å². The second-order valence-electron chi connectivity index (χ2n) is 6.04. The number of nitrogens with one attached hydrogen (secondary N) is 1. The molecule has 3 aromatic rings. The fraction of sp³-hybridized carbons (Fsp3) is 0.294. The van der Waals surface area contributed by atoms with Crippen LogP contribution in [-0.2, 0) is 20.6 Å². The van der Waals surface area contributed by atoms with Crippen LogP contribution in [0.2, 0.25) is 0 Å². The third-order valence-electron chi connectivity index (χ3n) is 4.15. The minimum absolute atomic E-state index is 0.0853. The van der Waals surface area contributed by atoms with E-state index in [9.17, 15) is 14.7 Å². The first-order chi connectivity index (χ1) is 12.8. The number of imidazole rings is 1. The summed E-state index contributed by atoms with van der Waals surface area (Å²) in [6, 6.07) is 4.99. The van der Waals surface area contributed by atoms with Crippen LogP contribution in [0.1, 0.15) is 18.9 Å². The second kappa shape index (κ2) is 7.39. The Morgan fingerprint density at radius 2 is 2.04 bits per heavy atom. The van der Waals surface area contributed by atoms with Crippen LogP contribution in [0.5, 0.6) is 5.75 Å². The van der Waals surface area contributed by atoms with E-state index in [0.717, 1.165) is 15.5 Å². The number of fused-ring (bicyclic) bond motifs is 1. The second-order valence-corrected chi connectivity index (χ2v) is 6.95. The lowest BCUT2D eigenvalue weighted by molar-refractivity contribution is 0.474. The summed E-state index contributed by atoms with van der Waals surface area (Å²) in [6.07, 6.45) is 2.22. The molecular formula is C17H19BrN6O3. The Kier molecular flexibility index (Phi) is 5.17. The van der Waals surface area contributed by atoms with Gasteiger partial charge < -0.3 is 9.67 Å². The Balaban J connectivity index is 2.08. The molecule has 2 aromatic heterocycles. The van der Waals surface area contributed by atoms with Crippen molar-refractivity contribution in [1.82, 2.24) is 18.7 Å². The van der Waals surface area contributed by atoms with Gasteiger partial charge in [-0.05, 0) is 24.6 Å². The summed E-state index contributed by atoms with van der Waals surface area (Å²) >= 11 is 3.34. The van der Waals surface area contributed by atoms with Crippen LogP contribution in [0.4, 0.5) is 5.95 Å². The van der Waals surface area contributed by atoms with Gasteiger partial charge in [0.1, 0.15) is 5.75 Å². The van der Waals surface area contributed by atoms with Gasteiger partial charge in [-0.2, -0.15) is 10.1 Å². The van der Waals surface area contributed by atoms with Crippen molar-refractivity contribution in [3.63, 3.8) is 0 Å². The number of aryl methyl sites for hydroxylation is 2. The maximum absolute atomic E-state index is 12.6. The molecule has 10 heteroatoms. The summed E-state index contributed by atoms with van der Waals surface area (Å²) in [5.41, 5.74) is 3.10. The fourth-order valence-corrected chi connectivity index (χ4v) is 3.14. The topological polar surface area (TPSA) is 106 Å². The van der Waals surface area contributed by atoms with Crippen molar-refractivity contribution in [3.8, 4) is 5.75 Å². The van der Waals surface area contributed by atoms with Crippen LogP contribution in [-0.4, -0.2) is 30.0 Å². The van der Waals surface area contributed by atoms with Crippen molar-refractivity contribution in [2.75, 3.05) is 5.43 Å². The van der Waals surface area contributed by atoms with E-state index in [1.165, 1.54) is 17.8 Å². The standard InChI is InChI=1S/C17H19BrN6O3/c1-4-7-24-13-14(22(2)17(27)23(3)15(13)26)20-16(24)21-19-9-10-8-11(18)5-6-12(10)25/h5-6,8-9,25H,4,7H2,1-3H3,(H,20,21). The van der Waals surface area contributed by atoms with Crippen molar-refractivity contribution >= 4 is 39.3 Å². The van der Waals surface area contributed by atoms with Crippen LogP contribution >= 0.6 is 15.9 Å². The fourth-order valence-electron chi connectivity index (χ4n) is 2.76. The Bertz CT molecular complexity index is 1160. The molecule has 0 aliphatic rings. The first-order valence-corrected chi connectivity index (χ1v) is 9.08. The molecule has 0 radical (unpaired) electrons. The minimum Gasteiger partial charge on any atom is -0.507 e. The van der Waals surface area contributed by atoms with Crippen molar-refractivity contribution in [3.05, 3.63) is 49.1 Å². The normalized spacial score (nSPS) is 11.6. The number of aromatic nitrogens is 4. The Morgan fingerprint density at radius 1 is 1.30 bits per heavy atom. The monoisotopic (exact) mass is 434 g/mol. The number of hydrogen-bond donors (Lipinski definition) is 2. The lowest BCUT2D eigenvalue weighted by Gasteiger charge is -2.07. The Labute approximate surface area is 162 Å². The number of hydrogen-bond acceptors (Lipinski definition) is 6. The summed E-state index contributed by atoms with van der Waals surface area (Å²) in [5, 5.41) is 14.0. The molecule has 0 amide bonds. The smallest absolute Gasteiger partial charge is 0.332 e. The summed E-state index contributed by atoms with van der Waals surface area (Å²) in [4.78, 5) is 29.1. The highest BCUT2D eigenvalue weighted by Gasteiger charge is 2.18. The molecular weight excluding hydrogens is 416 g/mol. The van der Waals surface area contributed by atoms with E-state index in [1.54, 1.807) is 29.8 Å². The van der Waals surface area contributed by atoms with E-state index in [2.05, 4.69) is 31.4 Å². The zero-order valence-corrected chi connectivity index (χ0v) is 16.7. The molecule has 142 valence electrons. The molecule has 0 atom stereocenters. The number of phenols is 1. The molecule has 27 heavy (non-hydrogen) atoms. The molecule has 0 unspecified atom stereocenters. The molecule has 0 saturated heterocycles. The molecule has 0 aliphatic heterocycles. The average Bonchev–Trinajstić information content (AvgIpc) is 3.00. The van der Waals surface area contributed by atoms with Gasteiger partial charge in [0.25, 0.3) is 5.56 Å². The Morgan fingerprint density at radius 3 is 2.74 bits per heavy atom. The first kappa shape index (κ1) is 18.9. The van der Waals surface area contributed by atoms with Gasteiger partial charge in [0.2, 0.25) is 5.95 Å². The third-order valence-corrected chi connectivity index (χ3v) is 4.65. The first-order valence-electron chi connectivity index (χ1n) is 8.29. The highest BCUT2D eigenvalue weighted by Crippen LogP contribution is 2.20. The van der Waals surface area contributed by atoms with Crippen LogP contribution in [0, 0.1) is 0 Å². The van der Waals surface area contributed by atoms with Gasteiger partial charge in [0.15, 0.2) is 11.2 Å². The van der Waals surface area contributed by atoms with Gasteiger partial charge in [0, 0.05) is 30.7 Å². The number of rotatable bonds is 5. The molecule has 0 saturated carbocycles. The maximum atomic E-state index is 12.6. The van der Waals surface area contributed by atoms with Crippen molar-refractivity contribution in [2.24, 2.45) is 19.2 Å². The maximum Gasteiger partial charge on any atom is 0.332 e. The van der Waals surface area contributed by atoms with Gasteiger partial charge in [-0.1, -0.05) is 22.9 Å². The van der Waals surface area contributed by atoms with Crippen molar-refractivity contribution in [2.45, 2.75) is 19.9 Å². The van der Waals surface area contributed by atoms with Gasteiger partial charge in [-0.25, -0.2) is 10.2 Å². The van der Waals surface area contributed by atoms with Crippen LogP contribution in [0.3, 0.4) is 0 Å². The zero-order chi connectivity index (χ0) is 19.7. The third kappa shape index (κ3) is 3.39. The molecule has 2 heterocycles. The predicted octanol–water partition coefficient (Wildman–Crippen LogP) is 1.76. The highest BCUT2D eigenvalue weighted by molar-refractivity contribution is 9.10. The molecule has 0 aliphatic carbocycles. The largest absolute Gasteiger partial charge is 0.507 e. The van der Waals surface area contributed by atoms with Crippen LogP contribution in [0.15, 0.2) is 37.4 Å². The average molecular weight is 435 g/mol. The van der Waals surface area contributed by atoms with Crippen LogP contribution < -0.4 is 16.7 Å². The van der Waals surface area contributed by atoms with Crippen LogP contribution in [0.25, 0.3) is 11.2 Å². The number of nitrogens with zero attached hydrogens (tertiary/aromatic N) is 5. The van der Waals surface area contributed by atoms with E-state index in [1.807, 2.05) is 6.92 Å². The van der Waals surface area contributed by atoms with Crippen molar-refractivity contribution in [1.29, 1.82) is 0 Å². The number of anilines is 1. The summed E-state index contributed by atoms with van der Waals surface area (Å²) < 4.78 is 4.90. The zero-order valence-electron chi connectivity index (χ0n) is 15.1. The van der Waals surface area contributed by atoms with E-state index in [-0.39, 0.29) is 5.75 Å². The molecule has 0 fully saturated rings. The molecule has 1 aromatic carbocycles. The number of aromatic hydroxyl groups is 1. The van der Waals surface area contributed by atoms with Gasteiger partial charge in [-0.15, -0.1) is 0 Å². The minimum atomic E-state index is -0.442. The summed E-state index contributed by atoms with van der Waals surface area (Å²) in [5.74, 6) is 0.429. The lowest BCUT2D eigenvalue weighted by Crippen LogP contribution is -2.37. The SMILES string of the molecule is CCCn1c(NN=Cc2cc(Br)ccc2O)nc2c1c(=O)n(C)c(=O)n2C. The highest BCUT2D eigenvalue weighted by atomic mass is 79.9. The van der Waals surface area contributed by atoms with Gasteiger partial charge in [0.05, 0.1) is 6.21 Å². The lowest BCUT2D eigenvalue weighted by atomic mass is 10.2. The molecule has 0 bridgehead atoms.